The Kier molecular flexibility index (Phi) is 2.61. The van der Waals surface area contributed by atoms with Crippen LogP contribution < -0.4 is 10.9 Å². The monoisotopic (exact) mass is 128 g/mol. The van der Waals surface area contributed by atoms with Gasteiger partial charge in [0.2, 0.25) is 0 Å². The average Bonchev–Trinajstić information content (AvgIpc) is 2.05. The fraction of sp³-hybridized carbons (Fsp3) is 0.250. The molecule has 1 rings (SSSR count). The quantitative estimate of drug-likeness (QED) is 0.506. The third-order valence-corrected chi connectivity index (χ3v) is 1.58. The molecule has 0 atom stereocenters. The third kappa shape index (κ3) is 1.66. The predicted octanol–water partition coefficient (Wildman–Crippen LogP) is 0.442. The Morgan fingerprint density at radius 3 is 1.90 bits per heavy atom. The van der Waals surface area contributed by atoms with Gasteiger partial charge in [-0.15, -0.1) is 0 Å². The molecule has 2 heteroatoms. The van der Waals surface area contributed by atoms with Crippen LogP contribution in [0.15, 0.2) is 24.3 Å². The van der Waals surface area contributed by atoms with Gasteiger partial charge in [-0.05, 0) is 0 Å². The summed E-state index contributed by atoms with van der Waals surface area (Å²) in [5, 5.41) is 0. The summed E-state index contributed by atoms with van der Waals surface area (Å²) in [7, 11) is 4.21. The predicted molar refractivity (Wildman–Crippen MR) is 48.9 cm³/mol. The second-order valence-electron chi connectivity index (χ2n) is 2.25. The Labute approximate surface area is 64.1 Å². The van der Waals surface area contributed by atoms with Gasteiger partial charge >= 0.3 is 0 Å². The highest BCUT2D eigenvalue weighted by Gasteiger charge is 1.91. The Morgan fingerprint density at radius 2 is 1.50 bits per heavy atom. The summed E-state index contributed by atoms with van der Waals surface area (Å²) in [6.45, 7) is 4.10. The summed E-state index contributed by atoms with van der Waals surface area (Å²) in [5.41, 5.74) is 2.58. The van der Waals surface area contributed by atoms with Crippen LogP contribution in [-0.2, 0) is 0 Å². The summed E-state index contributed by atoms with van der Waals surface area (Å²) < 4.78 is 0. The van der Waals surface area contributed by atoms with Crippen LogP contribution in [0.4, 0.5) is 0 Å². The molecule has 0 aliphatic rings. The van der Waals surface area contributed by atoms with E-state index in [1.54, 1.807) is 0 Å². The van der Waals surface area contributed by atoms with Gasteiger partial charge in [-0.3, -0.25) is 0 Å². The summed E-state index contributed by atoms with van der Waals surface area (Å²) in [5.74, 6) is 0. The molecule has 0 aliphatic carbocycles. The SMILES string of the molecule is C[B]c1cccc([B]C)c1. The minimum absolute atomic E-state index is 1.29. The Hall–Kier alpha value is -0.650. The van der Waals surface area contributed by atoms with Crippen molar-refractivity contribution >= 4 is 25.5 Å². The van der Waals surface area contributed by atoms with Gasteiger partial charge < -0.3 is 0 Å². The van der Waals surface area contributed by atoms with Crippen molar-refractivity contribution in [2.24, 2.45) is 0 Å². The molecule has 0 saturated heterocycles. The minimum atomic E-state index is 1.29. The topological polar surface area (TPSA) is 0 Å². The molecule has 0 aliphatic heterocycles. The summed E-state index contributed by atoms with van der Waals surface area (Å²) in [6.07, 6.45) is 0. The molecule has 2 radical (unpaired) electrons. The van der Waals surface area contributed by atoms with Crippen LogP contribution in [0.25, 0.3) is 0 Å². The number of hydrogen-bond donors (Lipinski definition) is 0. The Balaban J connectivity index is 2.87. The fourth-order valence-electron chi connectivity index (χ4n) is 0.918. The van der Waals surface area contributed by atoms with Crippen molar-refractivity contribution in [2.45, 2.75) is 13.6 Å². The minimum Gasteiger partial charge on any atom is -0.0887 e. The van der Waals surface area contributed by atoms with Gasteiger partial charge in [0.15, 0.2) is 0 Å². The average molecular weight is 128 g/mol. The van der Waals surface area contributed by atoms with Crippen molar-refractivity contribution in [2.75, 3.05) is 0 Å². The van der Waals surface area contributed by atoms with Gasteiger partial charge in [0.05, 0.1) is 0 Å². The molecule has 0 unspecified atom stereocenters. The molecule has 0 spiro atoms. The molecule has 0 N–H and O–H groups in total. The molecule has 0 nitrogen and oxygen atoms in total. The number of benzene rings is 1. The van der Waals surface area contributed by atoms with Crippen molar-refractivity contribution < 1.29 is 0 Å². The van der Waals surface area contributed by atoms with Crippen LogP contribution in [0, 0.1) is 0 Å². The van der Waals surface area contributed by atoms with Crippen molar-refractivity contribution in [3.8, 4) is 0 Å². The highest BCUT2D eigenvalue weighted by molar-refractivity contribution is 6.56. The molecule has 1 aromatic carbocycles. The lowest BCUT2D eigenvalue weighted by atomic mass is 9.67. The molecule has 0 fully saturated rings. The van der Waals surface area contributed by atoms with Gasteiger partial charge in [-0.25, -0.2) is 0 Å². The van der Waals surface area contributed by atoms with E-state index in [4.69, 9.17) is 0 Å². The fourth-order valence-corrected chi connectivity index (χ4v) is 0.918. The van der Waals surface area contributed by atoms with Gasteiger partial charge in [0.1, 0.15) is 14.6 Å². The van der Waals surface area contributed by atoms with Gasteiger partial charge in [0, 0.05) is 0 Å². The van der Waals surface area contributed by atoms with E-state index in [-0.39, 0.29) is 0 Å². The lowest BCUT2D eigenvalue weighted by Crippen LogP contribution is -2.20. The zero-order valence-electron chi connectivity index (χ0n) is 6.46. The van der Waals surface area contributed by atoms with Crippen molar-refractivity contribution in [3.05, 3.63) is 24.3 Å². The van der Waals surface area contributed by atoms with E-state index in [1.165, 1.54) is 10.9 Å². The summed E-state index contributed by atoms with van der Waals surface area (Å²) in [6, 6.07) is 8.45. The maximum atomic E-state index is 2.17. The Morgan fingerprint density at radius 1 is 1.00 bits per heavy atom. The highest BCUT2D eigenvalue weighted by atomic mass is 13.8. The van der Waals surface area contributed by atoms with Crippen LogP contribution in [0.1, 0.15) is 0 Å². The van der Waals surface area contributed by atoms with Crippen molar-refractivity contribution in [3.63, 3.8) is 0 Å². The van der Waals surface area contributed by atoms with Crippen LogP contribution in [0.3, 0.4) is 0 Å². The molecule has 0 heterocycles. The van der Waals surface area contributed by atoms with Gasteiger partial charge in [0.25, 0.3) is 0 Å². The molecular weight excluding hydrogens is 118 g/mol. The lowest BCUT2D eigenvalue weighted by molar-refractivity contribution is 1.82. The second-order valence-corrected chi connectivity index (χ2v) is 2.25. The molecule has 0 saturated carbocycles. The molecule has 10 heavy (non-hydrogen) atoms. The third-order valence-electron chi connectivity index (χ3n) is 1.58. The van der Waals surface area contributed by atoms with E-state index >= 15 is 0 Å². The van der Waals surface area contributed by atoms with Crippen LogP contribution >= 0.6 is 0 Å². The van der Waals surface area contributed by atoms with Crippen molar-refractivity contribution in [1.82, 2.24) is 0 Å². The maximum Gasteiger partial charge on any atom is 0.148 e. The van der Waals surface area contributed by atoms with Crippen LogP contribution in [0.5, 0.6) is 0 Å². The first-order valence-electron chi connectivity index (χ1n) is 3.55. The van der Waals surface area contributed by atoms with Gasteiger partial charge in [-0.1, -0.05) is 48.8 Å². The zero-order valence-corrected chi connectivity index (χ0v) is 6.46. The molecule has 0 amide bonds. The lowest BCUT2D eigenvalue weighted by Gasteiger charge is -1.97. The highest BCUT2D eigenvalue weighted by Crippen LogP contribution is 1.78. The van der Waals surface area contributed by atoms with E-state index in [0.29, 0.717) is 0 Å². The van der Waals surface area contributed by atoms with E-state index in [1.807, 2.05) is 0 Å². The first-order chi connectivity index (χ1) is 4.86. The van der Waals surface area contributed by atoms with E-state index in [0.717, 1.165) is 0 Å². The van der Waals surface area contributed by atoms with Crippen molar-refractivity contribution in [1.29, 1.82) is 0 Å². The molecule has 1 aromatic rings. The first kappa shape index (κ1) is 7.46. The second kappa shape index (κ2) is 3.50. The maximum absolute atomic E-state index is 2.17. The van der Waals surface area contributed by atoms with Gasteiger partial charge in [-0.2, -0.15) is 0 Å². The van der Waals surface area contributed by atoms with E-state index in [2.05, 4.69) is 52.5 Å². The van der Waals surface area contributed by atoms with E-state index in [9.17, 15) is 0 Å². The smallest absolute Gasteiger partial charge is 0.0887 e. The number of hydrogen-bond acceptors (Lipinski definition) is 0. The molecule has 48 valence electrons. The normalized spacial score (nSPS) is 9.00. The number of rotatable bonds is 2. The molecule has 0 aromatic heterocycles. The molecular formula is C8H10B2. The van der Waals surface area contributed by atoms with Crippen LogP contribution in [-0.4, -0.2) is 14.6 Å². The Bertz CT molecular complexity index is 189. The van der Waals surface area contributed by atoms with Crippen LogP contribution in [0.2, 0.25) is 13.6 Å². The van der Waals surface area contributed by atoms with E-state index < -0.39 is 0 Å². The summed E-state index contributed by atoms with van der Waals surface area (Å²) in [4.78, 5) is 0. The molecule has 0 bridgehead atoms. The standard InChI is InChI=1S/C8H10B2/c1-9-7-4-3-5-8(6-7)10-2/h3-6H,1-2H3. The zero-order chi connectivity index (χ0) is 7.40. The first-order valence-corrected chi connectivity index (χ1v) is 3.55. The largest absolute Gasteiger partial charge is 0.148 e. The summed E-state index contributed by atoms with van der Waals surface area (Å²) >= 11 is 0.